The summed E-state index contributed by atoms with van der Waals surface area (Å²) in [4.78, 5) is 25.8. The fraction of sp³-hybridized carbons (Fsp3) is 0.375. The third kappa shape index (κ3) is 3.28. The highest BCUT2D eigenvalue weighted by atomic mass is 16.5. The molecule has 8 nitrogen and oxygen atoms in total. The number of benzene rings is 1. The summed E-state index contributed by atoms with van der Waals surface area (Å²) >= 11 is 0. The van der Waals surface area contributed by atoms with Crippen molar-refractivity contribution in [3.05, 3.63) is 29.5 Å². The van der Waals surface area contributed by atoms with Crippen LogP contribution in [0.15, 0.2) is 29.5 Å². The normalized spacial score (nSPS) is 14.2. The topological polar surface area (TPSA) is 83.5 Å². The first-order valence-electron chi connectivity index (χ1n) is 7.04. The predicted octanol–water partition coefficient (Wildman–Crippen LogP) is 1.10. The summed E-state index contributed by atoms with van der Waals surface area (Å²) in [6.45, 7) is -0.0195. The van der Waals surface area contributed by atoms with Gasteiger partial charge in [0.05, 0.1) is 46.3 Å². The van der Waals surface area contributed by atoms with Crippen LogP contribution in [0.25, 0.3) is 0 Å². The van der Waals surface area contributed by atoms with Crippen LogP contribution >= 0.6 is 0 Å². The number of methoxy groups -OCH3 is 4. The Bertz CT molecular complexity index is 668. The van der Waals surface area contributed by atoms with Crippen LogP contribution in [-0.2, 0) is 23.8 Å². The van der Waals surface area contributed by atoms with Crippen LogP contribution in [0, 0.1) is 0 Å². The van der Waals surface area contributed by atoms with Gasteiger partial charge in [-0.15, -0.1) is 0 Å². The van der Waals surface area contributed by atoms with Gasteiger partial charge in [0, 0.05) is 6.07 Å². The summed E-state index contributed by atoms with van der Waals surface area (Å²) in [7, 11) is 5.49. The van der Waals surface area contributed by atoms with E-state index in [0.29, 0.717) is 17.2 Å². The molecule has 1 aromatic rings. The van der Waals surface area contributed by atoms with Gasteiger partial charge in [0.15, 0.2) is 0 Å². The Morgan fingerprint density at radius 2 is 1.75 bits per heavy atom. The highest BCUT2D eigenvalue weighted by Crippen LogP contribution is 2.36. The number of carbonyl (C=O) groups excluding carboxylic acids is 2. The van der Waals surface area contributed by atoms with Crippen LogP contribution in [0.2, 0.25) is 0 Å². The van der Waals surface area contributed by atoms with E-state index in [1.54, 1.807) is 18.2 Å². The number of hydrogen-bond donors (Lipinski definition) is 0. The van der Waals surface area contributed by atoms with E-state index in [2.05, 4.69) is 0 Å². The van der Waals surface area contributed by atoms with Gasteiger partial charge in [0.1, 0.15) is 23.9 Å². The van der Waals surface area contributed by atoms with Crippen LogP contribution in [0.4, 0.5) is 5.69 Å². The van der Waals surface area contributed by atoms with Gasteiger partial charge in [-0.3, -0.25) is 0 Å². The summed E-state index contributed by atoms with van der Waals surface area (Å²) in [5.41, 5.74) is 0.612. The van der Waals surface area contributed by atoms with Crippen LogP contribution in [0.1, 0.15) is 0 Å². The van der Waals surface area contributed by atoms with Crippen molar-refractivity contribution < 1.29 is 33.3 Å². The SMILES string of the molecule is COC(=O)C1=C(C(=O)OC)N(c2cc(OC)ccc2OC)COC1. The molecule has 0 saturated carbocycles. The summed E-state index contributed by atoms with van der Waals surface area (Å²) < 4.78 is 25.5. The van der Waals surface area contributed by atoms with E-state index < -0.39 is 11.9 Å². The van der Waals surface area contributed by atoms with Crippen molar-refractivity contribution in [1.29, 1.82) is 0 Å². The zero-order chi connectivity index (χ0) is 17.7. The summed E-state index contributed by atoms with van der Waals surface area (Å²) in [6.07, 6.45) is 0. The largest absolute Gasteiger partial charge is 0.497 e. The summed E-state index contributed by atoms with van der Waals surface area (Å²) in [5.74, 6) is -0.308. The van der Waals surface area contributed by atoms with Crippen LogP contribution in [-0.4, -0.2) is 53.7 Å². The van der Waals surface area contributed by atoms with Crippen LogP contribution in [0.3, 0.4) is 0 Å². The summed E-state index contributed by atoms with van der Waals surface area (Å²) in [6, 6.07) is 5.08. The van der Waals surface area contributed by atoms with Gasteiger partial charge >= 0.3 is 11.9 Å². The van der Waals surface area contributed by atoms with Gasteiger partial charge in [-0.1, -0.05) is 0 Å². The van der Waals surface area contributed by atoms with Crippen molar-refractivity contribution >= 4 is 17.6 Å². The Labute approximate surface area is 139 Å². The molecule has 0 spiro atoms. The molecule has 0 amide bonds. The minimum atomic E-state index is -0.677. The average molecular weight is 337 g/mol. The molecule has 0 atom stereocenters. The first-order chi connectivity index (χ1) is 11.6. The standard InChI is InChI=1S/C16H19NO7/c1-20-10-5-6-13(21-2)12(7-10)17-9-24-8-11(15(18)22-3)14(17)16(19)23-4/h5-7H,8-9H2,1-4H3. The van der Waals surface area contributed by atoms with Crippen molar-refractivity contribution in [1.82, 2.24) is 0 Å². The zero-order valence-electron chi connectivity index (χ0n) is 14.0. The first-order valence-corrected chi connectivity index (χ1v) is 7.04. The van der Waals surface area contributed by atoms with Crippen LogP contribution < -0.4 is 14.4 Å². The van der Waals surface area contributed by atoms with E-state index in [-0.39, 0.29) is 24.6 Å². The zero-order valence-corrected chi connectivity index (χ0v) is 14.0. The maximum absolute atomic E-state index is 12.3. The Hall–Kier alpha value is -2.74. The Morgan fingerprint density at radius 1 is 1.04 bits per heavy atom. The molecule has 0 saturated heterocycles. The molecule has 0 fully saturated rings. The molecule has 1 heterocycles. The fourth-order valence-electron chi connectivity index (χ4n) is 2.34. The molecule has 0 bridgehead atoms. The van der Waals surface area contributed by atoms with E-state index in [0.717, 1.165) is 0 Å². The quantitative estimate of drug-likeness (QED) is 0.739. The lowest BCUT2D eigenvalue weighted by Gasteiger charge is -2.32. The molecule has 0 radical (unpaired) electrons. The number of hydrogen-bond acceptors (Lipinski definition) is 8. The highest BCUT2D eigenvalue weighted by molar-refractivity contribution is 6.03. The molecule has 0 unspecified atom stereocenters. The van der Waals surface area contributed by atoms with E-state index in [4.69, 9.17) is 23.7 Å². The van der Waals surface area contributed by atoms with E-state index in [1.165, 1.54) is 33.3 Å². The summed E-state index contributed by atoms with van der Waals surface area (Å²) in [5, 5.41) is 0. The molecule has 24 heavy (non-hydrogen) atoms. The van der Waals surface area contributed by atoms with E-state index >= 15 is 0 Å². The van der Waals surface area contributed by atoms with Gasteiger partial charge in [-0.25, -0.2) is 9.59 Å². The molecule has 0 aliphatic carbocycles. The highest BCUT2D eigenvalue weighted by Gasteiger charge is 2.33. The van der Waals surface area contributed by atoms with Crippen molar-refractivity contribution in [3.63, 3.8) is 0 Å². The van der Waals surface area contributed by atoms with Gasteiger partial charge in [-0.2, -0.15) is 0 Å². The molecular formula is C16H19NO7. The molecule has 0 N–H and O–H groups in total. The second-order valence-corrected chi connectivity index (χ2v) is 4.75. The predicted molar refractivity (Wildman–Crippen MR) is 83.9 cm³/mol. The van der Waals surface area contributed by atoms with Crippen molar-refractivity contribution in [2.75, 3.05) is 46.7 Å². The first kappa shape index (κ1) is 17.6. The molecule has 8 heteroatoms. The lowest BCUT2D eigenvalue weighted by Crippen LogP contribution is -2.39. The average Bonchev–Trinajstić information content (AvgIpc) is 2.65. The van der Waals surface area contributed by atoms with Crippen LogP contribution in [0.5, 0.6) is 11.5 Å². The number of nitrogens with zero attached hydrogens (tertiary/aromatic N) is 1. The molecule has 1 aromatic carbocycles. The lowest BCUT2D eigenvalue weighted by molar-refractivity contribution is -0.140. The van der Waals surface area contributed by atoms with Crippen molar-refractivity contribution in [2.45, 2.75) is 0 Å². The van der Waals surface area contributed by atoms with E-state index in [1.807, 2.05) is 0 Å². The third-order valence-corrected chi connectivity index (χ3v) is 3.51. The van der Waals surface area contributed by atoms with Gasteiger partial charge in [0.2, 0.25) is 0 Å². The number of esters is 2. The Morgan fingerprint density at radius 3 is 2.33 bits per heavy atom. The smallest absolute Gasteiger partial charge is 0.355 e. The molecule has 2 rings (SSSR count). The Kier molecular flexibility index (Phi) is 5.64. The maximum atomic E-state index is 12.3. The maximum Gasteiger partial charge on any atom is 0.355 e. The lowest BCUT2D eigenvalue weighted by atomic mass is 10.1. The molecule has 130 valence electrons. The number of carbonyl (C=O) groups is 2. The minimum absolute atomic E-state index is 0.0362. The minimum Gasteiger partial charge on any atom is -0.497 e. The van der Waals surface area contributed by atoms with Crippen molar-refractivity contribution in [3.8, 4) is 11.5 Å². The molecular weight excluding hydrogens is 318 g/mol. The number of rotatable bonds is 5. The second kappa shape index (κ2) is 7.69. The molecule has 0 aromatic heterocycles. The van der Waals surface area contributed by atoms with Crippen molar-refractivity contribution in [2.24, 2.45) is 0 Å². The van der Waals surface area contributed by atoms with E-state index in [9.17, 15) is 9.59 Å². The van der Waals surface area contributed by atoms with Gasteiger partial charge < -0.3 is 28.6 Å². The third-order valence-electron chi connectivity index (χ3n) is 3.51. The van der Waals surface area contributed by atoms with Gasteiger partial charge in [-0.05, 0) is 12.1 Å². The number of ether oxygens (including phenoxy) is 5. The second-order valence-electron chi connectivity index (χ2n) is 4.75. The monoisotopic (exact) mass is 337 g/mol. The fourth-order valence-corrected chi connectivity index (χ4v) is 2.34. The molecule has 1 aliphatic heterocycles. The Balaban J connectivity index is 2.62. The van der Waals surface area contributed by atoms with Gasteiger partial charge in [0.25, 0.3) is 0 Å². The molecule has 1 aliphatic rings. The number of anilines is 1.